The fraction of sp³-hybridized carbons (Fsp3) is 1.00. The van der Waals surface area contributed by atoms with E-state index in [1.165, 1.54) is 0 Å². The molecule has 0 heterocycles. The van der Waals surface area contributed by atoms with Crippen LogP contribution in [0.3, 0.4) is 0 Å². The van der Waals surface area contributed by atoms with Crippen LogP contribution in [-0.2, 0) is 0 Å². The molecule has 0 rings (SSSR count). The maximum Gasteiger partial charge on any atom is 0.102 e. The summed E-state index contributed by atoms with van der Waals surface area (Å²) in [5.41, 5.74) is 0.0301. The van der Waals surface area contributed by atoms with Gasteiger partial charge in [-0.2, -0.15) is 0 Å². The molecule has 3 heteroatoms. The van der Waals surface area contributed by atoms with Crippen molar-refractivity contribution in [3.63, 3.8) is 0 Å². The minimum atomic E-state index is -0.479. The largest absolute Gasteiger partial charge is 0.106 e. The van der Waals surface area contributed by atoms with E-state index in [0.29, 0.717) is 0 Å². The third-order valence-electron chi connectivity index (χ3n) is 1.32. The van der Waals surface area contributed by atoms with Crippen LogP contribution in [0.25, 0.3) is 0 Å². The van der Waals surface area contributed by atoms with E-state index in [1.807, 2.05) is 20.8 Å². The molecular weight excluding hydrogens is 159 g/mol. The molecule has 50 valence electrons. The fourth-order valence-corrected chi connectivity index (χ4v) is 0. The van der Waals surface area contributed by atoms with Crippen LogP contribution in [0, 0.1) is 5.41 Å². The normalized spacial score (nSPS) is 14.6. The summed E-state index contributed by atoms with van der Waals surface area (Å²) in [5.74, 6) is 0. The van der Waals surface area contributed by atoms with Crippen LogP contribution in [0.15, 0.2) is 0 Å². The Hall–Kier alpha value is 0.797. The standard InChI is InChI=1S/C5H12Cl2Si/c1-4(2,3)5(6,7)8/h1-3,8H3. The topological polar surface area (TPSA) is 0 Å². The first-order valence-corrected chi connectivity index (χ1v) is 4.38. The molecule has 0 fully saturated rings. The van der Waals surface area contributed by atoms with Gasteiger partial charge in [-0.25, -0.2) is 0 Å². The summed E-state index contributed by atoms with van der Waals surface area (Å²) in [6.45, 7) is 6.12. The van der Waals surface area contributed by atoms with Gasteiger partial charge in [-0.1, -0.05) is 20.8 Å². The smallest absolute Gasteiger partial charge is 0.102 e. The van der Waals surface area contributed by atoms with Crippen LogP contribution in [0.1, 0.15) is 20.8 Å². The Kier molecular flexibility index (Phi) is 2.42. The minimum absolute atomic E-state index is 0.0301. The van der Waals surface area contributed by atoms with Crippen LogP contribution in [-0.4, -0.2) is 14.2 Å². The second-order valence-electron chi connectivity index (χ2n) is 3.14. The monoisotopic (exact) mass is 170 g/mol. The maximum atomic E-state index is 5.84. The first-order chi connectivity index (χ1) is 3.25. The van der Waals surface area contributed by atoms with Crippen LogP contribution in [0.5, 0.6) is 0 Å². The van der Waals surface area contributed by atoms with Crippen LogP contribution < -0.4 is 0 Å². The summed E-state index contributed by atoms with van der Waals surface area (Å²) in [5, 5.41) is 0. The van der Waals surface area contributed by atoms with Crippen molar-refractivity contribution in [3.8, 4) is 0 Å². The lowest BCUT2D eigenvalue weighted by molar-refractivity contribution is 0.423. The SMILES string of the molecule is CC(C)(C)C([SiH3])(Cl)Cl. The van der Waals surface area contributed by atoms with Gasteiger partial charge < -0.3 is 0 Å². The molecule has 0 aliphatic heterocycles. The Bertz CT molecular complexity index is 65.4. The maximum absolute atomic E-state index is 5.84. The Morgan fingerprint density at radius 2 is 1.25 bits per heavy atom. The van der Waals surface area contributed by atoms with E-state index in [4.69, 9.17) is 23.2 Å². The molecular formula is C5H12Cl2Si. The van der Waals surface area contributed by atoms with Crippen molar-refractivity contribution in [2.45, 2.75) is 24.7 Å². The quantitative estimate of drug-likeness (QED) is 0.383. The molecule has 0 radical (unpaired) electrons. The minimum Gasteiger partial charge on any atom is -0.106 e. The predicted molar refractivity (Wildman–Crippen MR) is 43.8 cm³/mol. The van der Waals surface area contributed by atoms with Gasteiger partial charge in [-0.15, -0.1) is 23.2 Å². The number of hydrogen-bond donors (Lipinski definition) is 0. The third kappa shape index (κ3) is 2.38. The first kappa shape index (κ1) is 8.80. The van der Waals surface area contributed by atoms with E-state index in [9.17, 15) is 0 Å². The van der Waals surface area contributed by atoms with Gasteiger partial charge >= 0.3 is 0 Å². The molecule has 0 bridgehead atoms. The van der Waals surface area contributed by atoms with Gasteiger partial charge in [-0.3, -0.25) is 0 Å². The molecule has 0 aromatic carbocycles. The van der Waals surface area contributed by atoms with Gasteiger partial charge in [0, 0.05) is 10.2 Å². The lowest BCUT2D eigenvalue weighted by atomic mass is 9.99. The fourth-order valence-electron chi connectivity index (χ4n) is 0. The molecule has 0 aromatic heterocycles. The van der Waals surface area contributed by atoms with Crippen LogP contribution in [0.4, 0.5) is 0 Å². The van der Waals surface area contributed by atoms with Gasteiger partial charge in [0.1, 0.15) is 3.96 Å². The first-order valence-electron chi connectivity index (χ1n) is 2.63. The van der Waals surface area contributed by atoms with Gasteiger partial charge in [0.25, 0.3) is 0 Å². The summed E-state index contributed by atoms with van der Waals surface area (Å²) in [6.07, 6.45) is 0. The summed E-state index contributed by atoms with van der Waals surface area (Å²) >= 11 is 11.7. The molecule has 0 aromatic rings. The predicted octanol–water partition coefficient (Wildman–Crippen LogP) is 1.53. The van der Waals surface area contributed by atoms with Crippen molar-refractivity contribution >= 4 is 33.4 Å². The van der Waals surface area contributed by atoms with Crippen molar-refractivity contribution in [2.24, 2.45) is 5.41 Å². The summed E-state index contributed by atoms with van der Waals surface area (Å²) in [6, 6.07) is 0. The molecule has 0 N–H and O–H groups in total. The van der Waals surface area contributed by atoms with E-state index < -0.39 is 3.96 Å². The highest BCUT2D eigenvalue weighted by Crippen LogP contribution is 2.36. The van der Waals surface area contributed by atoms with Crippen molar-refractivity contribution in [3.05, 3.63) is 0 Å². The van der Waals surface area contributed by atoms with Gasteiger partial charge in [0.05, 0.1) is 0 Å². The molecule has 0 atom stereocenters. The molecule has 0 amide bonds. The van der Waals surface area contributed by atoms with Crippen molar-refractivity contribution in [1.29, 1.82) is 0 Å². The molecule has 0 aliphatic rings. The molecule has 0 aliphatic carbocycles. The van der Waals surface area contributed by atoms with Crippen LogP contribution >= 0.6 is 23.2 Å². The third-order valence-corrected chi connectivity index (χ3v) is 3.95. The van der Waals surface area contributed by atoms with Crippen LogP contribution in [0.2, 0.25) is 0 Å². The lowest BCUT2D eigenvalue weighted by Gasteiger charge is -2.29. The van der Waals surface area contributed by atoms with Gasteiger partial charge in [-0.05, 0) is 5.41 Å². The Morgan fingerprint density at radius 1 is 1.12 bits per heavy atom. The molecule has 0 saturated heterocycles. The molecule has 8 heavy (non-hydrogen) atoms. The highest BCUT2D eigenvalue weighted by molar-refractivity contribution is 6.65. The van der Waals surface area contributed by atoms with E-state index in [-0.39, 0.29) is 5.41 Å². The molecule has 0 nitrogen and oxygen atoms in total. The zero-order chi connectivity index (χ0) is 7.00. The molecule has 0 unspecified atom stereocenters. The number of rotatable bonds is 0. The number of alkyl halides is 2. The van der Waals surface area contributed by atoms with E-state index in [0.717, 1.165) is 10.2 Å². The van der Waals surface area contributed by atoms with Crippen molar-refractivity contribution in [1.82, 2.24) is 0 Å². The number of hydrogen-bond acceptors (Lipinski definition) is 0. The molecule has 0 spiro atoms. The van der Waals surface area contributed by atoms with E-state index >= 15 is 0 Å². The van der Waals surface area contributed by atoms with Crippen molar-refractivity contribution in [2.75, 3.05) is 0 Å². The van der Waals surface area contributed by atoms with Crippen molar-refractivity contribution < 1.29 is 0 Å². The Morgan fingerprint density at radius 3 is 1.25 bits per heavy atom. The second-order valence-corrected chi connectivity index (χ2v) is 7.61. The average Bonchev–Trinajstić information content (AvgIpc) is 1.25. The number of halogens is 2. The van der Waals surface area contributed by atoms with E-state index in [1.54, 1.807) is 0 Å². The Balaban J connectivity index is 4.02. The average molecular weight is 171 g/mol. The summed E-state index contributed by atoms with van der Waals surface area (Å²) in [4.78, 5) is 0. The zero-order valence-electron chi connectivity index (χ0n) is 5.76. The second kappa shape index (κ2) is 2.20. The molecule has 0 saturated carbocycles. The summed E-state index contributed by atoms with van der Waals surface area (Å²) < 4.78 is -0.479. The van der Waals surface area contributed by atoms with Gasteiger partial charge in [0.2, 0.25) is 0 Å². The Labute approximate surface area is 64.0 Å². The van der Waals surface area contributed by atoms with Gasteiger partial charge in [0.15, 0.2) is 0 Å². The highest BCUT2D eigenvalue weighted by Gasteiger charge is 2.32. The van der Waals surface area contributed by atoms with E-state index in [2.05, 4.69) is 0 Å². The highest BCUT2D eigenvalue weighted by atomic mass is 35.5. The lowest BCUT2D eigenvalue weighted by Crippen LogP contribution is -2.31. The summed E-state index contributed by atoms with van der Waals surface area (Å²) in [7, 11) is 0.818. The zero-order valence-corrected chi connectivity index (χ0v) is 9.27.